The molecular weight excluding hydrogens is 425 g/mol. The normalized spacial score (nSPS) is 24.0. The lowest BCUT2D eigenvalue weighted by atomic mass is 9.71. The number of aromatic nitrogens is 3. The van der Waals surface area contributed by atoms with Crippen molar-refractivity contribution in [1.29, 1.82) is 0 Å². The summed E-state index contributed by atoms with van der Waals surface area (Å²) in [5, 5.41) is 18.1. The van der Waals surface area contributed by atoms with Crippen molar-refractivity contribution in [3.05, 3.63) is 64.9 Å². The first-order valence-electron chi connectivity index (χ1n) is 10.1. The molecule has 32 heavy (non-hydrogen) atoms. The Kier molecular flexibility index (Phi) is 5.25. The summed E-state index contributed by atoms with van der Waals surface area (Å²) < 4.78 is 49.4. The van der Waals surface area contributed by atoms with Gasteiger partial charge in [-0.3, -0.25) is 4.79 Å². The van der Waals surface area contributed by atoms with Crippen molar-refractivity contribution in [2.75, 3.05) is 13.2 Å². The second kappa shape index (κ2) is 7.56. The number of aryl methyl sites for hydroxylation is 1. The largest absolute Gasteiger partial charge is 0.385 e. The summed E-state index contributed by atoms with van der Waals surface area (Å²) in [6.45, 7) is 3.84. The molecule has 2 atom stereocenters. The zero-order valence-corrected chi connectivity index (χ0v) is 17.8. The molecule has 1 saturated heterocycles. The first-order valence-corrected chi connectivity index (χ1v) is 10.1. The van der Waals surface area contributed by atoms with E-state index >= 15 is 4.39 Å². The lowest BCUT2D eigenvalue weighted by Gasteiger charge is -2.49. The molecule has 0 bridgehead atoms. The molecule has 4 rings (SSSR count). The molecule has 0 radical (unpaired) electrons. The Bertz CT molecular complexity index is 1190. The van der Waals surface area contributed by atoms with E-state index in [4.69, 9.17) is 4.74 Å². The number of ether oxygens (including phenoxy) is 1. The molecule has 2 N–H and O–H groups in total. The minimum absolute atomic E-state index is 0.0241. The number of fused-ring (bicyclic) bond motifs is 1. The number of carbonyl (C=O) groups excluding carboxylic acids is 1. The first kappa shape index (κ1) is 22.2. The molecule has 3 heterocycles. The fraction of sp³-hybridized carbons (Fsp3) is 0.409. The number of nitrogens with zero attached hydrogens (tertiary/aromatic N) is 3. The molecule has 3 aromatic rings. The zero-order chi connectivity index (χ0) is 23.3. The molecule has 0 saturated carbocycles. The van der Waals surface area contributed by atoms with Crippen molar-refractivity contribution in [3.63, 3.8) is 0 Å². The number of halogens is 3. The minimum Gasteiger partial charge on any atom is -0.385 e. The molecule has 2 aromatic heterocycles. The number of alkyl halides is 2. The van der Waals surface area contributed by atoms with Gasteiger partial charge in [0.2, 0.25) is 0 Å². The number of hydrogen-bond acceptors (Lipinski definition) is 5. The van der Waals surface area contributed by atoms with Crippen LogP contribution in [0.3, 0.4) is 0 Å². The number of carbonyl (C=O) groups is 1. The highest BCUT2D eigenvalue weighted by molar-refractivity contribution is 6.00. The van der Waals surface area contributed by atoms with E-state index in [1.807, 2.05) is 6.92 Å². The Morgan fingerprint density at radius 3 is 2.75 bits per heavy atom. The monoisotopic (exact) mass is 448 g/mol. The van der Waals surface area contributed by atoms with Gasteiger partial charge in [-0.25, -0.2) is 22.7 Å². The van der Waals surface area contributed by atoms with Gasteiger partial charge in [0.05, 0.1) is 12.8 Å². The number of rotatable bonds is 4. The van der Waals surface area contributed by atoms with E-state index in [1.54, 1.807) is 12.4 Å². The smallest absolute Gasteiger partial charge is 0.270 e. The third kappa shape index (κ3) is 3.63. The Hall–Kier alpha value is -2.98. The van der Waals surface area contributed by atoms with Gasteiger partial charge in [0.15, 0.2) is 5.65 Å². The molecule has 1 aromatic carbocycles. The van der Waals surface area contributed by atoms with Crippen molar-refractivity contribution >= 4 is 11.6 Å². The molecule has 7 nitrogen and oxygen atoms in total. The fourth-order valence-corrected chi connectivity index (χ4v) is 4.10. The lowest BCUT2D eigenvalue weighted by Crippen LogP contribution is -2.65. The van der Waals surface area contributed by atoms with Crippen molar-refractivity contribution in [2.24, 2.45) is 0 Å². The minimum atomic E-state index is -3.24. The second-order valence-electron chi connectivity index (χ2n) is 8.48. The Morgan fingerprint density at radius 2 is 2.09 bits per heavy atom. The number of aliphatic hydroxyl groups is 1. The standard InChI is InChI=1S/C22H23F3N4O3/c1-13-9-26-18-15(10-27-29(18)11-13)19(30)28-22(6-7-32-12-20(22,2)31)16-5-4-14(8-17(16)23)21(3,24)25/h4-5,8-11,31H,6-7,12H2,1-3H3,(H,28,30). The summed E-state index contributed by atoms with van der Waals surface area (Å²) in [6.07, 6.45) is 4.63. The predicted octanol–water partition coefficient (Wildman–Crippen LogP) is 3.09. The average Bonchev–Trinajstić information content (AvgIpc) is 3.12. The van der Waals surface area contributed by atoms with E-state index in [0.29, 0.717) is 6.92 Å². The molecule has 170 valence electrons. The van der Waals surface area contributed by atoms with Crippen LogP contribution in [0.4, 0.5) is 13.2 Å². The van der Waals surface area contributed by atoms with Crippen LogP contribution in [-0.4, -0.2) is 44.4 Å². The molecule has 1 aliphatic rings. The molecule has 0 spiro atoms. The van der Waals surface area contributed by atoms with Gasteiger partial charge in [0.25, 0.3) is 11.8 Å². The van der Waals surface area contributed by atoms with E-state index in [-0.39, 0.29) is 36.4 Å². The van der Waals surface area contributed by atoms with E-state index in [2.05, 4.69) is 15.4 Å². The summed E-state index contributed by atoms with van der Waals surface area (Å²) >= 11 is 0. The van der Waals surface area contributed by atoms with Gasteiger partial charge < -0.3 is 15.2 Å². The van der Waals surface area contributed by atoms with Crippen LogP contribution in [0.2, 0.25) is 0 Å². The number of nitrogens with one attached hydrogen (secondary N) is 1. The Balaban J connectivity index is 1.80. The van der Waals surface area contributed by atoms with E-state index in [1.165, 1.54) is 23.7 Å². The van der Waals surface area contributed by atoms with Crippen LogP contribution in [0.25, 0.3) is 5.65 Å². The maximum atomic E-state index is 15.2. The van der Waals surface area contributed by atoms with Crippen molar-refractivity contribution in [1.82, 2.24) is 19.9 Å². The fourth-order valence-electron chi connectivity index (χ4n) is 4.10. The lowest BCUT2D eigenvalue weighted by molar-refractivity contribution is -0.139. The molecule has 1 fully saturated rings. The summed E-state index contributed by atoms with van der Waals surface area (Å²) in [5.41, 5.74) is -2.72. The van der Waals surface area contributed by atoms with Gasteiger partial charge in [-0.05, 0) is 25.5 Å². The summed E-state index contributed by atoms with van der Waals surface area (Å²) in [7, 11) is 0. The quantitative estimate of drug-likeness (QED) is 0.641. The van der Waals surface area contributed by atoms with Gasteiger partial charge in [-0.2, -0.15) is 5.10 Å². The molecule has 1 amide bonds. The first-order chi connectivity index (χ1) is 14.9. The summed E-state index contributed by atoms with van der Waals surface area (Å²) in [4.78, 5) is 17.5. The number of amides is 1. The average molecular weight is 448 g/mol. The van der Waals surface area contributed by atoms with Crippen molar-refractivity contribution in [3.8, 4) is 0 Å². The highest BCUT2D eigenvalue weighted by Gasteiger charge is 2.53. The number of benzene rings is 1. The Morgan fingerprint density at radius 1 is 1.34 bits per heavy atom. The van der Waals surface area contributed by atoms with E-state index < -0.39 is 34.4 Å². The molecule has 1 aliphatic heterocycles. The van der Waals surface area contributed by atoms with Crippen molar-refractivity contribution < 1.29 is 27.8 Å². The van der Waals surface area contributed by atoms with E-state index in [0.717, 1.165) is 17.7 Å². The van der Waals surface area contributed by atoms with E-state index in [9.17, 15) is 18.7 Å². The molecular formula is C22H23F3N4O3. The third-order valence-electron chi connectivity index (χ3n) is 5.92. The summed E-state index contributed by atoms with van der Waals surface area (Å²) in [5.74, 6) is -4.84. The van der Waals surface area contributed by atoms with Crippen LogP contribution in [0.1, 0.15) is 47.3 Å². The van der Waals surface area contributed by atoms with Crippen LogP contribution >= 0.6 is 0 Å². The van der Waals surface area contributed by atoms with Crippen LogP contribution < -0.4 is 5.32 Å². The Labute approximate surface area is 182 Å². The maximum Gasteiger partial charge on any atom is 0.270 e. The predicted molar refractivity (Wildman–Crippen MR) is 109 cm³/mol. The van der Waals surface area contributed by atoms with Gasteiger partial charge >= 0.3 is 0 Å². The van der Waals surface area contributed by atoms with Crippen LogP contribution in [0, 0.1) is 12.7 Å². The second-order valence-corrected chi connectivity index (χ2v) is 8.48. The molecule has 0 aliphatic carbocycles. The van der Waals surface area contributed by atoms with Gasteiger partial charge in [0.1, 0.15) is 22.5 Å². The molecule has 2 unspecified atom stereocenters. The van der Waals surface area contributed by atoms with Gasteiger partial charge in [-0.15, -0.1) is 0 Å². The zero-order valence-electron chi connectivity index (χ0n) is 17.8. The van der Waals surface area contributed by atoms with Crippen LogP contribution in [0.15, 0.2) is 36.8 Å². The van der Waals surface area contributed by atoms with Crippen molar-refractivity contribution in [2.45, 2.75) is 44.3 Å². The third-order valence-corrected chi connectivity index (χ3v) is 5.92. The molecule has 10 heteroatoms. The highest BCUT2D eigenvalue weighted by Crippen LogP contribution is 2.42. The summed E-state index contributed by atoms with van der Waals surface area (Å²) in [6, 6.07) is 3.01. The SMILES string of the molecule is Cc1cnc2c(C(=O)NC3(c4ccc(C(C)(F)F)cc4F)CCOCC3(C)O)cnn2c1. The highest BCUT2D eigenvalue weighted by atomic mass is 19.3. The van der Waals surface area contributed by atoms with Crippen LogP contribution in [0.5, 0.6) is 0 Å². The maximum absolute atomic E-state index is 15.2. The number of hydrogen-bond donors (Lipinski definition) is 2. The topological polar surface area (TPSA) is 88.8 Å². The van der Waals surface area contributed by atoms with Crippen LogP contribution in [-0.2, 0) is 16.2 Å². The van der Waals surface area contributed by atoms with Gasteiger partial charge in [-0.1, -0.05) is 12.1 Å². The van der Waals surface area contributed by atoms with Gasteiger partial charge in [0, 0.05) is 43.5 Å².